The highest BCUT2D eigenvalue weighted by molar-refractivity contribution is 6.33. The molecule has 2 amide bonds. The molecule has 0 aliphatic rings. The van der Waals surface area contributed by atoms with Gasteiger partial charge in [0.2, 0.25) is 0 Å². The summed E-state index contributed by atoms with van der Waals surface area (Å²) in [6.45, 7) is 1.80. The number of anilines is 1. The van der Waals surface area contributed by atoms with E-state index < -0.39 is 18.3 Å². The van der Waals surface area contributed by atoms with Crippen molar-refractivity contribution in [2.24, 2.45) is 0 Å². The summed E-state index contributed by atoms with van der Waals surface area (Å²) in [5, 5.41) is 5.34. The van der Waals surface area contributed by atoms with Crippen molar-refractivity contribution in [3.63, 3.8) is 0 Å². The fourth-order valence-corrected chi connectivity index (χ4v) is 1.41. The van der Waals surface area contributed by atoms with Crippen molar-refractivity contribution in [1.29, 1.82) is 0 Å². The Labute approximate surface area is 116 Å². The third kappa shape index (κ3) is 5.48. The molecule has 1 aromatic carbocycles. The predicted octanol–water partition coefficient (Wildman–Crippen LogP) is 2.63. The van der Waals surface area contributed by atoms with Crippen molar-refractivity contribution < 1.29 is 19.1 Å². The van der Waals surface area contributed by atoms with Crippen molar-refractivity contribution >= 4 is 29.5 Å². The molecule has 1 aromatic rings. The minimum atomic E-state index is -0.646. The molecule has 0 spiro atoms. The molecule has 1 rings (SSSR count). The van der Waals surface area contributed by atoms with Crippen LogP contribution in [0.2, 0.25) is 5.02 Å². The van der Waals surface area contributed by atoms with Crippen LogP contribution in [-0.4, -0.2) is 31.9 Å². The average Bonchev–Trinajstić information content (AvgIpc) is 2.38. The summed E-state index contributed by atoms with van der Waals surface area (Å²) in [5.41, 5.74) is 0.460. The first-order chi connectivity index (χ1) is 9.02. The second-order valence-corrected chi connectivity index (χ2v) is 4.10. The van der Waals surface area contributed by atoms with Crippen LogP contribution >= 0.6 is 11.6 Å². The van der Waals surface area contributed by atoms with Crippen molar-refractivity contribution in [2.45, 2.75) is 13.0 Å². The molecule has 0 aromatic heterocycles. The van der Waals surface area contributed by atoms with Crippen molar-refractivity contribution in [1.82, 2.24) is 5.32 Å². The maximum atomic E-state index is 11.6. The molecular formula is C12H15ClN2O4. The molecule has 0 heterocycles. The van der Waals surface area contributed by atoms with E-state index in [9.17, 15) is 9.59 Å². The maximum Gasteiger partial charge on any atom is 0.411 e. The van der Waals surface area contributed by atoms with Gasteiger partial charge in [-0.1, -0.05) is 23.7 Å². The largest absolute Gasteiger partial charge is 0.453 e. The van der Waals surface area contributed by atoms with E-state index in [0.29, 0.717) is 10.7 Å². The first kappa shape index (κ1) is 15.1. The number of hydrogen-bond acceptors (Lipinski definition) is 4. The van der Waals surface area contributed by atoms with Crippen LogP contribution in [0, 0.1) is 0 Å². The Morgan fingerprint density at radius 2 is 2.00 bits per heavy atom. The molecule has 0 saturated heterocycles. The fourth-order valence-electron chi connectivity index (χ4n) is 1.23. The third-order valence-corrected chi connectivity index (χ3v) is 2.47. The standard InChI is InChI=1S/C12H15ClN2O4/c1-8(7-14-11(16)18-2)19-12(17)15-10-6-4-3-5-9(10)13/h3-6,8H,7H2,1-2H3,(H,14,16)(H,15,17). The van der Waals surface area contributed by atoms with E-state index in [-0.39, 0.29) is 6.54 Å². The lowest BCUT2D eigenvalue weighted by molar-refractivity contribution is 0.115. The van der Waals surface area contributed by atoms with Crippen LogP contribution in [0.25, 0.3) is 0 Å². The summed E-state index contributed by atoms with van der Waals surface area (Å²) in [6, 6.07) is 6.80. The van der Waals surface area contributed by atoms with Crippen LogP contribution < -0.4 is 10.6 Å². The summed E-state index contributed by atoms with van der Waals surface area (Å²) < 4.78 is 9.42. The zero-order valence-corrected chi connectivity index (χ0v) is 11.4. The number of hydrogen-bond donors (Lipinski definition) is 2. The summed E-state index contributed by atoms with van der Waals surface area (Å²) in [5.74, 6) is 0. The minimum Gasteiger partial charge on any atom is -0.453 e. The van der Waals surface area contributed by atoms with E-state index in [1.165, 1.54) is 7.11 Å². The molecule has 7 heteroatoms. The zero-order valence-electron chi connectivity index (χ0n) is 10.6. The number of ether oxygens (including phenoxy) is 2. The van der Waals surface area contributed by atoms with Gasteiger partial charge in [-0.3, -0.25) is 5.32 Å². The van der Waals surface area contributed by atoms with Crippen LogP contribution in [0.1, 0.15) is 6.92 Å². The Kier molecular flexibility index (Phi) is 5.95. The van der Waals surface area contributed by atoms with Crippen molar-refractivity contribution in [3.8, 4) is 0 Å². The molecular weight excluding hydrogens is 272 g/mol. The molecule has 104 valence electrons. The summed E-state index contributed by atoms with van der Waals surface area (Å²) in [7, 11) is 1.25. The predicted molar refractivity (Wildman–Crippen MR) is 71.4 cm³/mol. The van der Waals surface area contributed by atoms with E-state index in [1.807, 2.05) is 0 Å². The van der Waals surface area contributed by atoms with E-state index >= 15 is 0 Å². The molecule has 19 heavy (non-hydrogen) atoms. The van der Waals surface area contributed by atoms with Gasteiger partial charge in [0.15, 0.2) is 0 Å². The van der Waals surface area contributed by atoms with Crippen molar-refractivity contribution in [2.75, 3.05) is 19.0 Å². The van der Waals surface area contributed by atoms with Crippen LogP contribution in [-0.2, 0) is 9.47 Å². The molecule has 0 aliphatic carbocycles. The Bertz CT molecular complexity index is 453. The van der Waals surface area contributed by atoms with Gasteiger partial charge in [0.25, 0.3) is 0 Å². The van der Waals surface area contributed by atoms with Gasteiger partial charge in [0.1, 0.15) is 6.10 Å². The number of para-hydroxylation sites is 1. The molecule has 0 saturated carbocycles. The van der Waals surface area contributed by atoms with E-state index in [4.69, 9.17) is 16.3 Å². The number of halogens is 1. The molecule has 0 bridgehead atoms. The Morgan fingerprint density at radius 1 is 1.32 bits per heavy atom. The molecule has 6 nitrogen and oxygen atoms in total. The Balaban J connectivity index is 2.39. The average molecular weight is 287 g/mol. The molecule has 0 fully saturated rings. The van der Waals surface area contributed by atoms with Crippen LogP contribution in [0.4, 0.5) is 15.3 Å². The number of alkyl carbamates (subject to hydrolysis) is 1. The number of rotatable bonds is 4. The molecule has 1 unspecified atom stereocenters. The topological polar surface area (TPSA) is 76.7 Å². The van der Waals surface area contributed by atoms with Gasteiger partial charge in [-0.25, -0.2) is 9.59 Å². The van der Waals surface area contributed by atoms with Crippen LogP contribution in [0.15, 0.2) is 24.3 Å². The van der Waals surface area contributed by atoms with E-state index in [2.05, 4.69) is 15.4 Å². The van der Waals surface area contributed by atoms with E-state index in [0.717, 1.165) is 0 Å². The van der Waals surface area contributed by atoms with Gasteiger partial charge >= 0.3 is 12.2 Å². The summed E-state index contributed by atoms with van der Waals surface area (Å²) in [6.07, 6.45) is -1.73. The normalized spacial score (nSPS) is 11.3. The SMILES string of the molecule is COC(=O)NCC(C)OC(=O)Nc1ccccc1Cl. The van der Waals surface area contributed by atoms with Crippen LogP contribution in [0.3, 0.4) is 0 Å². The van der Waals surface area contributed by atoms with Gasteiger partial charge in [0, 0.05) is 0 Å². The Hall–Kier alpha value is -1.95. The number of nitrogens with one attached hydrogen (secondary N) is 2. The minimum absolute atomic E-state index is 0.155. The lowest BCUT2D eigenvalue weighted by atomic mass is 10.3. The quantitative estimate of drug-likeness (QED) is 0.892. The highest BCUT2D eigenvalue weighted by Gasteiger charge is 2.12. The number of carbonyl (C=O) groups is 2. The van der Waals surface area contributed by atoms with Crippen LogP contribution in [0.5, 0.6) is 0 Å². The first-order valence-electron chi connectivity index (χ1n) is 5.57. The third-order valence-electron chi connectivity index (χ3n) is 2.14. The second-order valence-electron chi connectivity index (χ2n) is 3.69. The zero-order chi connectivity index (χ0) is 14.3. The lowest BCUT2D eigenvalue weighted by Crippen LogP contribution is -2.34. The first-order valence-corrected chi connectivity index (χ1v) is 5.94. The van der Waals surface area contributed by atoms with Gasteiger partial charge in [-0.05, 0) is 19.1 Å². The number of amides is 2. The summed E-state index contributed by atoms with van der Waals surface area (Å²) >= 11 is 5.88. The molecule has 0 aliphatic heterocycles. The number of benzene rings is 1. The Morgan fingerprint density at radius 3 is 2.63 bits per heavy atom. The monoisotopic (exact) mass is 286 g/mol. The smallest absolute Gasteiger partial charge is 0.411 e. The van der Waals surface area contributed by atoms with Gasteiger partial charge in [0.05, 0.1) is 24.4 Å². The fraction of sp³-hybridized carbons (Fsp3) is 0.333. The second kappa shape index (κ2) is 7.48. The lowest BCUT2D eigenvalue weighted by Gasteiger charge is -2.14. The van der Waals surface area contributed by atoms with Gasteiger partial charge in [-0.15, -0.1) is 0 Å². The molecule has 2 N–H and O–H groups in total. The number of methoxy groups -OCH3 is 1. The van der Waals surface area contributed by atoms with Gasteiger partial charge < -0.3 is 14.8 Å². The summed E-state index contributed by atoms with van der Waals surface area (Å²) in [4.78, 5) is 22.4. The van der Waals surface area contributed by atoms with Gasteiger partial charge in [-0.2, -0.15) is 0 Å². The molecule has 1 atom stereocenters. The molecule has 0 radical (unpaired) electrons. The maximum absolute atomic E-state index is 11.6. The highest BCUT2D eigenvalue weighted by atomic mass is 35.5. The number of carbonyl (C=O) groups excluding carboxylic acids is 2. The van der Waals surface area contributed by atoms with E-state index in [1.54, 1.807) is 31.2 Å². The highest BCUT2D eigenvalue weighted by Crippen LogP contribution is 2.20. The van der Waals surface area contributed by atoms with Crippen molar-refractivity contribution in [3.05, 3.63) is 29.3 Å².